The molecule has 2 amide bonds. The van der Waals surface area contributed by atoms with E-state index in [0.717, 1.165) is 0 Å². The molecule has 1 fully saturated rings. The average molecular weight is 413 g/mol. The lowest BCUT2D eigenvalue weighted by atomic mass is 9.87. The van der Waals surface area contributed by atoms with E-state index in [1.807, 2.05) is 34.6 Å². The standard InChI is InChI=1S/C21H36N2O6/c1-14(2)17(23-20(27)29-13-21(3,4)5)16(24)12-15-8-6-10-28-11-7-9-22-19(26)18(15)25/h14-15,17H,6-13H2,1-5H3,(H,22,26)(H,23,27). The van der Waals surface area contributed by atoms with Gasteiger partial charge in [-0.15, -0.1) is 0 Å². The summed E-state index contributed by atoms with van der Waals surface area (Å²) in [5, 5.41) is 5.20. The molecule has 1 aliphatic heterocycles. The molecule has 0 saturated carbocycles. The zero-order valence-electron chi connectivity index (χ0n) is 18.3. The third-order valence-corrected chi connectivity index (χ3v) is 4.56. The van der Waals surface area contributed by atoms with Crippen LogP contribution in [0.3, 0.4) is 0 Å². The van der Waals surface area contributed by atoms with E-state index in [1.165, 1.54) is 0 Å². The van der Waals surface area contributed by atoms with E-state index >= 15 is 0 Å². The van der Waals surface area contributed by atoms with E-state index in [9.17, 15) is 19.2 Å². The SMILES string of the molecule is CC(C)C(NC(=O)OCC(C)(C)C)C(=O)CC1CCCOCCCNC(=O)C1=O. The fraction of sp³-hybridized carbons (Fsp3) is 0.810. The first-order valence-electron chi connectivity index (χ1n) is 10.4. The first-order chi connectivity index (χ1) is 13.5. The molecule has 2 unspecified atom stereocenters. The summed E-state index contributed by atoms with van der Waals surface area (Å²) in [6.07, 6.45) is 0.849. The summed E-state index contributed by atoms with van der Waals surface area (Å²) in [5.74, 6) is -2.44. The van der Waals surface area contributed by atoms with Gasteiger partial charge in [-0.05, 0) is 30.6 Å². The Kier molecular flexibility index (Phi) is 10.3. The predicted octanol–water partition coefficient (Wildman–Crippen LogP) is 2.24. The summed E-state index contributed by atoms with van der Waals surface area (Å²) in [6.45, 7) is 11.0. The van der Waals surface area contributed by atoms with Crippen LogP contribution in [0.4, 0.5) is 4.79 Å². The van der Waals surface area contributed by atoms with Gasteiger partial charge in [0.2, 0.25) is 5.78 Å². The molecule has 0 radical (unpaired) electrons. The summed E-state index contributed by atoms with van der Waals surface area (Å²) >= 11 is 0. The van der Waals surface area contributed by atoms with Crippen LogP contribution in [-0.2, 0) is 23.9 Å². The molecule has 0 aromatic heterocycles. The number of rotatable bonds is 6. The van der Waals surface area contributed by atoms with E-state index in [1.54, 1.807) is 0 Å². The number of hydrogen-bond acceptors (Lipinski definition) is 6. The molecular weight excluding hydrogens is 376 g/mol. The highest BCUT2D eigenvalue weighted by Crippen LogP contribution is 2.18. The Morgan fingerprint density at radius 1 is 1.21 bits per heavy atom. The van der Waals surface area contributed by atoms with Crippen molar-refractivity contribution in [3.05, 3.63) is 0 Å². The van der Waals surface area contributed by atoms with Crippen molar-refractivity contribution in [1.29, 1.82) is 0 Å². The summed E-state index contributed by atoms with van der Waals surface area (Å²) in [4.78, 5) is 49.6. The van der Waals surface area contributed by atoms with Gasteiger partial charge >= 0.3 is 6.09 Å². The Hall–Kier alpha value is -1.96. The first kappa shape index (κ1) is 25.1. The van der Waals surface area contributed by atoms with Crippen LogP contribution in [0.2, 0.25) is 0 Å². The molecule has 1 saturated heterocycles. The van der Waals surface area contributed by atoms with Crippen LogP contribution in [0.5, 0.6) is 0 Å². The average Bonchev–Trinajstić information content (AvgIpc) is 2.66. The van der Waals surface area contributed by atoms with Crippen molar-refractivity contribution in [3.63, 3.8) is 0 Å². The smallest absolute Gasteiger partial charge is 0.407 e. The summed E-state index contributed by atoms with van der Waals surface area (Å²) in [6, 6.07) is -0.784. The van der Waals surface area contributed by atoms with Gasteiger partial charge in [-0.1, -0.05) is 34.6 Å². The third kappa shape index (κ3) is 9.87. The molecule has 1 heterocycles. The maximum Gasteiger partial charge on any atom is 0.407 e. The molecule has 29 heavy (non-hydrogen) atoms. The summed E-state index contributed by atoms with van der Waals surface area (Å²) in [7, 11) is 0. The highest BCUT2D eigenvalue weighted by atomic mass is 16.5. The molecule has 0 bridgehead atoms. The minimum absolute atomic E-state index is 0.103. The zero-order chi connectivity index (χ0) is 22.0. The lowest BCUT2D eigenvalue weighted by molar-refractivity contribution is -0.141. The predicted molar refractivity (Wildman–Crippen MR) is 108 cm³/mol. The van der Waals surface area contributed by atoms with E-state index in [0.29, 0.717) is 39.0 Å². The molecule has 0 aliphatic carbocycles. The second kappa shape index (κ2) is 11.9. The quantitative estimate of drug-likeness (QED) is 0.647. The molecule has 166 valence electrons. The maximum atomic E-state index is 12.9. The molecule has 2 N–H and O–H groups in total. The van der Waals surface area contributed by atoms with Crippen LogP contribution < -0.4 is 10.6 Å². The number of ether oxygens (including phenoxy) is 2. The molecule has 2 atom stereocenters. The molecule has 0 spiro atoms. The number of nitrogens with one attached hydrogen (secondary N) is 2. The largest absolute Gasteiger partial charge is 0.449 e. The molecule has 1 aliphatic rings. The Balaban J connectivity index is 2.77. The molecule has 0 aromatic carbocycles. The minimum atomic E-state index is -0.784. The van der Waals surface area contributed by atoms with E-state index < -0.39 is 29.7 Å². The fourth-order valence-corrected chi connectivity index (χ4v) is 2.95. The van der Waals surface area contributed by atoms with Gasteiger partial charge < -0.3 is 20.1 Å². The monoisotopic (exact) mass is 412 g/mol. The van der Waals surface area contributed by atoms with Crippen LogP contribution in [0.1, 0.15) is 60.3 Å². The van der Waals surface area contributed by atoms with Gasteiger partial charge in [0.05, 0.1) is 12.6 Å². The third-order valence-electron chi connectivity index (χ3n) is 4.56. The van der Waals surface area contributed by atoms with Crippen LogP contribution in [0.15, 0.2) is 0 Å². The Bertz CT molecular complexity index is 582. The highest BCUT2D eigenvalue weighted by Gasteiger charge is 2.32. The Morgan fingerprint density at radius 3 is 2.48 bits per heavy atom. The molecule has 0 aromatic rings. The van der Waals surface area contributed by atoms with Crippen LogP contribution in [0, 0.1) is 17.3 Å². The van der Waals surface area contributed by atoms with Gasteiger partial charge in [-0.2, -0.15) is 0 Å². The van der Waals surface area contributed by atoms with Crippen molar-refractivity contribution in [2.45, 2.75) is 66.3 Å². The lowest BCUT2D eigenvalue weighted by Crippen LogP contribution is -2.46. The number of hydrogen-bond donors (Lipinski definition) is 2. The second-order valence-electron chi connectivity index (χ2n) is 9.10. The van der Waals surface area contributed by atoms with Gasteiger partial charge in [0.1, 0.15) is 0 Å². The van der Waals surface area contributed by atoms with Crippen molar-refractivity contribution in [2.75, 3.05) is 26.4 Å². The highest BCUT2D eigenvalue weighted by molar-refractivity contribution is 6.37. The first-order valence-corrected chi connectivity index (χ1v) is 10.4. The number of alkyl carbamates (subject to hydrolysis) is 1. The number of Topliss-reactive ketones (excluding diaryl/α,β-unsaturated/α-hetero) is 2. The fourth-order valence-electron chi connectivity index (χ4n) is 2.95. The summed E-state index contributed by atoms with van der Waals surface area (Å²) < 4.78 is 10.7. The van der Waals surface area contributed by atoms with Gasteiger partial charge in [0, 0.05) is 32.1 Å². The second-order valence-corrected chi connectivity index (χ2v) is 9.10. The molecule has 8 heteroatoms. The van der Waals surface area contributed by atoms with Crippen molar-refractivity contribution < 1.29 is 28.7 Å². The van der Waals surface area contributed by atoms with Gasteiger partial charge in [0.15, 0.2) is 5.78 Å². The topological polar surface area (TPSA) is 111 Å². The normalized spacial score (nSPS) is 20.4. The Labute approximate surface area is 173 Å². The van der Waals surface area contributed by atoms with Crippen LogP contribution in [0.25, 0.3) is 0 Å². The number of amides is 2. The minimum Gasteiger partial charge on any atom is -0.449 e. The maximum absolute atomic E-state index is 12.9. The number of carbonyl (C=O) groups excluding carboxylic acids is 4. The van der Waals surface area contributed by atoms with Crippen LogP contribution in [-0.4, -0.2) is 56.0 Å². The van der Waals surface area contributed by atoms with Gasteiger partial charge in [-0.25, -0.2) is 4.79 Å². The number of ketones is 2. The molecule has 8 nitrogen and oxygen atoms in total. The van der Waals surface area contributed by atoms with Crippen molar-refractivity contribution in [3.8, 4) is 0 Å². The van der Waals surface area contributed by atoms with Crippen molar-refractivity contribution >= 4 is 23.6 Å². The van der Waals surface area contributed by atoms with Crippen molar-refractivity contribution in [1.82, 2.24) is 10.6 Å². The van der Waals surface area contributed by atoms with Crippen molar-refractivity contribution in [2.24, 2.45) is 17.3 Å². The van der Waals surface area contributed by atoms with E-state index in [2.05, 4.69) is 10.6 Å². The summed E-state index contributed by atoms with van der Waals surface area (Å²) in [5.41, 5.74) is -0.189. The Morgan fingerprint density at radius 2 is 1.86 bits per heavy atom. The van der Waals surface area contributed by atoms with E-state index in [-0.39, 0.29) is 30.1 Å². The van der Waals surface area contributed by atoms with Gasteiger partial charge in [0.25, 0.3) is 5.91 Å². The molecular formula is C21H36N2O6. The lowest BCUT2D eigenvalue weighted by Gasteiger charge is -2.24. The zero-order valence-corrected chi connectivity index (χ0v) is 18.3. The van der Waals surface area contributed by atoms with Crippen LogP contribution >= 0.6 is 0 Å². The molecule has 1 rings (SSSR count). The van der Waals surface area contributed by atoms with Gasteiger partial charge in [-0.3, -0.25) is 14.4 Å². The number of carbonyl (C=O) groups is 4. The van der Waals surface area contributed by atoms with E-state index in [4.69, 9.17) is 9.47 Å².